The first-order valence-electron chi connectivity index (χ1n) is 4.06. The van der Waals surface area contributed by atoms with Crippen LogP contribution in [0.4, 0.5) is 5.82 Å². The zero-order valence-electron chi connectivity index (χ0n) is 7.91. The molecule has 5 nitrogen and oxygen atoms in total. The molecule has 1 aromatic heterocycles. The van der Waals surface area contributed by atoms with Crippen LogP contribution in [0.2, 0.25) is 0 Å². The lowest BCUT2D eigenvalue weighted by Crippen LogP contribution is -2.13. The third-order valence-corrected chi connectivity index (χ3v) is 4.24. The Labute approximate surface area is 91.5 Å². The van der Waals surface area contributed by atoms with Gasteiger partial charge >= 0.3 is 0 Å². The van der Waals surface area contributed by atoms with Gasteiger partial charge in [-0.05, 0) is 5.92 Å². The molecule has 7 heteroatoms. The fourth-order valence-corrected chi connectivity index (χ4v) is 1.69. The van der Waals surface area contributed by atoms with E-state index in [4.69, 9.17) is 0 Å². The van der Waals surface area contributed by atoms with Gasteiger partial charge in [0.25, 0.3) is 0 Å². The van der Waals surface area contributed by atoms with E-state index in [0.717, 1.165) is 5.69 Å². The average molecular weight is 282 g/mol. The summed E-state index contributed by atoms with van der Waals surface area (Å²) >= 11 is 2.88. The molecule has 1 rings (SSSR count). The van der Waals surface area contributed by atoms with Crippen molar-refractivity contribution in [3.63, 3.8) is 0 Å². The predicted molar refractivity (Wildman–Crippen MR) is 59.0 cm³/mol. The topological polar surface area (TPSA) is 74.8 Å². The minimum absolute atomic E-state index is 0.135. The lowest BCUT2D eigenvalue weighted by molar-refractivity contribution is 0.606. The Morgan fingerprint density at radius 1 is 1.64 bits per heavy atom. The van der Waals surface area contributed by atoms with Crippen LogP contribution in [0.15, 0.2) is 6.07 Å². The van der Waals surface area contributed by atoms with Gasteiger partial charge in [0.2, 0.25) is 10.0 Å². The summed E-state index contributed by atoms with van der Waals surface area (Å²) in [6.07, 6.45) is 0. The second kappa shape index (κ2) is 4.31. The Hall–Kier alpha value is -0.560. The van der Waals surface area contributed by atoms with Gasteiger partial charge < -0.3 is 0 Å². The molecule has 0 aliphatic heterocycles. The normalized spacial score (nSPS) is 12.0. The third kappa shape index (κ3) is 2.98. The molecular weight excluding hydrogens is 270 g/mol. The highest BCUT2D eigenvalue weighted by Crippen LogP contribution is 2.15. The minimum atomic E-state index is -3.30. The van der Waals surface area contributed by atoms with Crippen molar-refractivity contribution in [3.8, 4) is 0 Å². The summed E-state index contributed by atoms with van der Waals surface area (Å²) in [4.78, 5) is 0. The van der Waals surface area contributed by atoms with Gasteiger partial charge in [-0.2, -0.15) is 5.10 Å². The summed E-state index contributed by atoms with van der Waals surface area (Å²) in [6.45, 7) is 3.99. The maximum Gasteiger partial charge on any atom is 0.243 e. The SMILES string of the molecule is CC(C)c1cc(NS(=O)(=O)CBr)n[nH]1. The molecule has 80 valence electrons. The maximum absolute atomic E-state index is 11.1. The Balaban J connectivity index is 2.79. The first-order chi connectivity index (χ1) is 6.44. The number of aromatic nitrogens is 2. The van der Waals surface area contributed by atoms with E-state index in [-0.39, 0.29) is 4.66 Å². The highest BCUT2D eigenvalue weighted by molar-refractivity contribution is 9.10. The Morgan fingerprint density at radius 2 is 2.29 bits per heavy atom. The summed E-state index contributed by atoms with van der Waals surface area (Å²) in [7, 11) is -3.30. The van der Waals surface area contributed by atoms with Gasteiger partial charge in [0.1, 0.15) is 4.66 Å². The number of hydrogen-bond donors (Lipinski definition) is 2. The molecule has 0 fully saturated rings. The molecule has 0 bridgehead atoms. The predicted octanol–water partition coefficient (Wildman–Crippen LogP) is 1.63. The van der Waals surface area contributed by atoms with Gasteiger partial charge in [-0.25, -0.2) is 8.42 Å². The van der Waals surface area contributed by atoms with Crippen molar-refractivity contribution in [1.29, 1.82) is 0 Å². The van der Waals surface area contributed by atoms with E-state index in [1.165, 1.54) is 0 Å². The molecule has 1 aromatic rings. The van der Waals surface area contributed by atoms with Crippen LogP contribution in [0.3, 0.4) is 0 Å². The van der Waals surface area contributed by atoms with Crippen molar-refractivity contribution >= 4 is 31.8 Å². The summed E-state index contributed by atoms with van der Waals surface area (Å²) in [6, 6.07) is 1.69. The zero-order valence-corrected chi connectivity index (χ0v) is 10.3. The van der Waals surface area contributed by atoms with E-state index < -0.39 is 10.0 Å². The number of H-pyrrole nitrogens is 1. The van der Waals surface area contributed by atoms with Gasteiger partial charge in [-0.3, -0.25) is 9.82 Å². The van der Waals surface area contributed by atoms with Gasteiger partial charge in [0.15, 0.2) is 5.82 Å². The summed E-state index contributed by atoms with van der Waals surface area (Å²) < 4.78 is 24.5. The fraction of sp³-hybridized carbons (Fsp3) is 0.571. The highest BCUT2D eigenvalue weighted by atomic mass is 79.9. The maximum atomic E-state index is 11.1. The van der Waals surface area contributed by atoms with Crippen molar-refractivity contribution in [2.75, 3.05) is 9.38 Å². The summed E-state index contributed by atoms with van der Waals surface area (Å²) in [5, 5.41) is 6.59. The Bertz CT molecular complexity index is 399. The zero-order chi connectivity index (χ0) is 10.8. The van der Waals surface area contributed by atoms with Crippen molar-refractivity contribution in [2.24, 2.45) is 0 Å². The number of alkyl halides is 1. The lowest BCUT2D eigenvalue weighted by atomic mass is 10.1. The van der Waals surface area contributed by atoms with Crippen molar-refractivity contribution < 1.29 is 8.42 Å². The molecule has 0 aromatic carbocycles. The average Bonchev–Trinajstić information content (AvgIpc) is 2.52. The monoisotopic (exact) mass is 281 g/mol. The van der Waals surface area contributed by atoms with Crippen LogP contribution in [0.1, 0.15) is 25.5 Å². The van der Waals surface area contributed by atoms with E-state index in [0.29, 0.717) is 11.7 Å². The number of sulfonamides is 1. The molecule has 0 amide bonds. The van der Waals surface area contributed by atoms with Crippen molar-refractivity contribution in [3.05, 3.63) is 11.8 Å². The second-order valence-electron chi connectivity index (χ2n) is 3.19. The van der Waals surface area contributed by atoms with Crippen LogP contribution in [-0.4, -0.2) is 23.3 Å². The Morgan fingerprint density at radius 3 is 2.71 bits per heavy atom. The fourth-order valence-electron chi connectivity index (χ4n) is 0.871. The molecule has 0 saturated carbocycles. The third-order valence-electron chi connectivity index (χ3n) is 1.62. The second-order valence-corrected chi connectivity index (χ2v) is 6.21. The summed E-state index contributed by atoms with van der Waals surface area (Å²) in [5.74, 6) is 0.623. The highest BCUT2D eigenvalue weighted by Gasteiger charge is 2.11. The molecule has 0 radical (unpaired) electrons. The molecular formula is C7H12BrN3O2S. The van der Waals surface area contributed by atoms with E-state index in [1.807, 2.05) is 13.8 Å². The van der Waals surface area contributed by atoms with Gasteiger partial charge in [-0.15, -0.1) is 0 Å². The molecule has 14 heavy (non-hydrogen) atoms. The molecule has 0 aliphatic rings. The van der Waals surface area contributed by atoms with E-state index in [2.05, 4.69) is 30.8 Å². The number of aromatic amines is 1. The number of hydrogen-bond acceptors (Lipinski definition) is 3. The number of anilines is 1. The molecule has 2 N–H and O–H groups in total. The lowest BCUT2D eigenvalue weighted by Gasteiger charge is -1.99. The first kappa shape index (κ1) is 11.5. The molecule has 0 saturated heterocycles. The number of nitrogens with zero attached hydrogens (tertiary/aromatic N) is 1. The molecule has 0 atom stereocenters. The van der Waals surface area contributed by atoms with Gasteiger partial charge in [-0.1, -0.05) is 29.8 Å². The van der Waals surface area contributed by atoms with Crippen molar-refractivity contribution in [1.82, 2.24) is 10.2 Å². The van der Waals surface area contributed by atoms with Gasteiger partial charge in [0.05, 0.1) is 0 Å². The van der Waals surface area contributed by atoms with E-state index in [9.17, 15) is 8.42 Å². The quantitative estimate of drug-likeness (QED) is 0.824. The van der Waals surface area contributed by atoms with Crippen LogP contribution in [-0.2, 0) is 10.0 Å². The largest absolute Gasteiger partial charge is 0.280 e. The van der Waals surface area contributed by atoms with Gasteiger partial charge in [0, 0.05) is 11.8 Å². The van der Waals surface area contributed by atoms with E-state index >= 15 is 0 Å². The van der Waals surface area contributed by atoms with E-state index in [1.54, 1.807) is 6.07 Å². The molecule has 0 unspecified atom stereocenters. The minimum Gasteiger partial charge on any atom is -0.280 e. The van der Waals surface area contributed by atoms with Crippen LogP contribution in [0.5, 0.6) is 0 Å². The number of halogens is 1. The van der Waals surface area contributed by atoms with Crippen LogP contribution < -0.4 is 4.72 Å². The smallest absolute Gasteiger partial charge is 0.243 e. The van der Waals surface area contributed by atoms with Crippen LogP contribution in [0, 0.1) is 0 Å². The number of rotatable bonds is 4. The molecule has 1 heterocycles. The molecule has 0 aliphatic carbocycles. The molecule has 0 spiro atoms. The Kier molecular flexibility index (Phi) is 3.54. The van der Waals surface area contributed by atoms with Crippen molar-refractivity contribution in [2.45, 2.75) is 19.8 Å². The summed E-state index contributed by atoms with van der Waals surface area (Å²) in [5.41, 5.74) is 0.900. The van der Waals surface area contributed by atoms with Crippen LogP contribution in [0.25, 0.3) is 0 Å². The number of nitrogens with one attached hydrogen (secondary N) is 2. The first-order valence-corrected chi connectivity index (χ1v) is 6.84. The van der Waals surface area contributed by atoms with Crippen LogP contribution >= 0.6 is 15.9 Å². The standard InChI is InChI=1S/C7H12BrN3O2S/c1-5(2)6-3-7(10-9-6)11-14(12,13)4-8/h3,5H,4H2,1-2H3,(H2,9,10,11).